The topological polar surface area (TPSA) is 0 Å². The fourth-order valence-electron chi connectivity index (χ4n) is 2.93. The summed E-state index contributed by atoms with van der Waals surface area (Å²) in [4.78, 5) is 0. The van der Waals surface area contributed by atoms with E-state index in [1.165, 1.54) is 6.42 Å². The molecule has 2 aromatic rings. The quantitative estimate of drug-likeness (QED) is 0.641. The third-order valence-electron chi connectivity index (χ3n) is 3.84. The molecule has 2 aliphatic rings. The van der Waals surface area contributed by atoms with E-state index in [1.807, 2.05) is 0 Å². The van der Waals surface area contributed by atoms with E-state index in [-0.39, 0.29) is 0 Å². The molecule has 103 valence electrons. The van der Waals surface area contributed by atoms with Gasteiger partial charge in [0.1, 0.15) is 0 Å². The van der Waals surface area contributed by atoms with E-state index in [1.54, 1.807) is 7.91 Å². The third kappa shape index (κ3) is 1.95. The van der Waals surface area contributed by atoms with Gasteiger partial charge in [0.05, 0.1) is 0 Å². The first-order chi connectivity index (χ1) is 9.87. The molecule has 0 heterocycles. The van der Waals surface area contributed by atoms with Crippen molar-refractivity contribution in [2.45, 2.75) is 10.2 Å². The van der Waals surface area contributed by atoms with Crippen LogP contribution in [0.1, 0.15) is 6.42 Å². The van der Waals surface area contributed by atoms with E-state index in [2.05, 4.69) is 85.0 Å². The van der Waals surface area contributed by atoms with Gasteiger partial charge in [0.15, 0.2) is 0 Å². The van der Waals surface area contributed by atoms with Gasteiger partial charge in [-0.05, 0) is 0 Å². The van der Waals surface area contributed by atoms with Crippen molar-refractivity contribution in [3.63, 3.8) is 0 Å². The van der Waals surface area contributed by atoms with Crippen LogP contribution in [-0.2, 0) is 17.3 Å². The summed E-state index contributed by atoms with van der Waals surface area (Å²) in [5.41, 5.74) is 0. The summed E-state index contributed by atoms with van der Waals surface area (Å²) in [7, 11) is 0. The molecular formula is C19H17Pt. The van der Waals surface area contributed by atoms with Crippen molar-refractivity contribution < 1.29 is 17.3 Å². The van der Waals surface area contributed by atoms with Crippen LogP contribution < -0.4 is 7.91 Å². The van der Waals surface area contributed by atoms with Crippen molar-refractivity contribution in [1.82, 2.24) is 0 Å². The number of rotatable bonds is 3. The maximum atomic E-state index is 2.50. The van der Waals surface area contributed by atoms with Crippen molar-refractivity contribution in [2.24, 2.45) is 5.92 Å². The number of hydrogen-bond donors (Lipinski definition) is 0. The van der Waals surface area contributed by atoms with E-state index in [4.69, 9.17) is 0 Å². The second-order valence-electron chi connectivity index (χ2n) is 5.21. The molecule has 0 spiro atoms. The Labute approximate surface area is 126 Å². The maximum absolute atomic E-state index is 2.50. The second-order valence-corrected chi connectivity index (χ2v) is 11.7. The summed E-state index contributed by atoms with van der Waals surface area (Å²) in [5, 5.41) is 0. The summed E-state index contributed by atoms with van der Waals surface area (Å²) in [5.74, 6) is 0.683. The van der Waals surface area contributed by atoms with E-state index < -0.39 is 17.3 Å². The monoisotopic (exact) mass is 440 g/mol. The number of allylic oxidation sites excluding steroid dienone is 4. The molecule has 0 aliphatic heterocycles. The van der Waals surface area contributed by atoms with Crippen LogP contribution in [0.4, 0.5) is 0 Å². The van der Waals surface area contributed by atoms with Gasteiger partial charge in [0.2, 0.25) is 0 Å². The normalized spacial score (nSPS) is 27.0. The van der Waals surface area contributed by atoms with Gasteiger partial charge in [-0.2, -0.15) is 0 Å². The first-order valence-corrected chi connectivity index (χ1v) is 10.4. The van der Waals surface area contributed by atoms with Gasteiger partial charge in [0, 0.05) is 0 Å². The molecule has 4 rings (SSSR count). The molecule has 0 nitrogen and oxygen atoms in total. The van der Waals surface area contributed by atoms with Crippen LogP contribution in [0.5, 0.6) is 0 Å². The van der Waals surface area contributed by atoms with E-state index >= 15 is 0 Å². The summed E-state index contributed by atoms with van der Waals surface area (Å²) in [6, 6.07) is 22.3. The molecule has 0 saturated heterocycles. The van der Waals surface area contributed by atoms with Gasteiger partial charge >= 0.3 is 126 Å². The molecule has 1 heteroatoms. The Kier molecular flexibility index (Phi) is 3.00. The summed E-state index contributed by atoms with van der Waals surface area (Å²) in [6.45, 7) is 0. The van der Waals surface area contributed by atoms with Crippen molar-refractivity contribution in [3.05, 3.63) is 85.0 Å². The van der Waals surface area contributed by atoms with Crippen molar-refractivity contribution in [1.29, 1.82) is 0 Å². The molecule has 20 heavy (non-hydrogen) atoms. The average Bonchev–Trinajstić information content (AvgIpc) is 3.11. The van der Waals surface area contributed by atoms with Crippen LogP contribution in [-0.4, -0.2) is 0 Å². The van der Waals surface area contributed by atoms with Gasteiger partial charge in [-0.15, -0.1) is 0 Å². The third-order valence-corrected chi connectivity index (χ3v) is 11.3. The SMILES string of the molecule is C1=C[C]2([Pt]([c]3ccccc3)[c]3ccccc3)C=CC1C2. The Morgan fingerprint density at radius 3 is 1.65 bits per heavy atom. The van der Waals surface area contributed by atoms with Gasteiger partial charge in [-0.25, -0.2) is 0 Å². The first-order valence-electron chi connectivity index (χ1n) is 6.97. The molecule has 0 amide bonds. The Bertz CT molecular complexity index is 601. The van der Waals surface area contributed by atoms with Crippen LogP contribution in [0.15, 0.2) is 85.0 Å². The zero-order valence-electron chi connectivity index (χ0n) is 11.2. The Hall–Kier alpha value is -1.39. The molecule has 0 radical (unpaired) electrons. The summed E-state index contributed by atoms with van der Waals surface area (Å²) in [6.07, 6.45) is 11.1. The van der Waals surface area contributed by atoms with Gasteiger partial charge in [-0.1, -0.05) is 0 Å². The van der Waals surface area contributed by atoms with E-state index in [0.29, 0.717) is 9.72 Å². The van der Waals surface area contributed by atoms with Crippen molar-refractivity contribution >= 4 is 7.91 Å². The second kappa shape index (κ2) is 4.86. The molecule has 0 aromatic heterocycles. The Morgan fingerprint density at radius 2 is 1.25 bits per heavy atom. The fourth-order valence-corrected chi connectivity index (χ4v) is 10.7. The number of benzene rings is 2. The van der Waals surface area contributed by atoms with Gasteiger partial charge < -0.3 is 0 Å². The number of fused-ring (bicyclic) bond motifs is 2. The standard InChI is InChI=1S/C7H7.2C6H5.Pt/c1-2-7-4-3-6(1)5-7;2*1-2-4-6-5-3-1;/h1-4,6H,5H2;2*1-5H;. The van der Waals surface area contributed by atoms with Gasteiger partial charge in [-0.3, -0.25) is 0 Å². The molecule has 2 aromatic carbocycles. The molecule has 0 atom stereocenters. The molecule has 0 fully saturated rings. The van der Waals surface area contributed by atoms with Gasteiger partial charge in [0.25, 0.3) is 0 Å². The minimum atomic E-state index is -1.50. The Balaban J connectivity index is 1.87. The average molecular weight is 440 g/mol. The Morgan fingerprint density at radius 1 is 0.750 bits per heavy atom. The fraction of sp³-hybridized carbons (Fsp3) is 0.158. The van der Waals surface area contributed by atoms with Crippen molar-refractivity contribution in [2.75, 3.05) is 0 Å². The number of hydrogen-bond acceptors (Lipinski definition) is 0. The van der Waals surface area contributed by atoms with Crippen LogP contribution in [0.25, 0.3) is 0 Å². The van der Waals surface area contributed by atoms with Crippen LogP contribution in [0.2, 0.25) is 3.80 Å². The molecule has 0 unspecified atom stereocenters. The predicted octanol–water partition coefficient (Wildman–Crippen LogP) is 3.56. The van der Waals surface area contributed by atoms with Crippen LogP contribution in [0, 0.1) is 5.92 Å². The van der Waals surface area contributed by atoms with E-state index in [0.717, 1.165) is 0 Å². The van der Waals surface area contributed by atoms with Crippen molar-refractivity contribution in [3.8, 4) is 0 Å². The zero-order valence-corrected chi connectivity index (χ0v) is 13.5. The molecular weight excluding hydrogens is 423 g/mol. The van der Waals surface area contributed by atoms with Crippen LogP contribution >= 0.6 is 0 Å². The molecule has 0 N–H and O–H groups in total. The minimum absolute atomic E-state index is 0.331. The predicted molar refractivity (Wildman–Crippen MR) is 81.2 cm³/mol. The zero-order chi connectivity index (χ0) is 13.4. The molecule has 0 saturated carbocycles. The van der Waals surface area contributed by atoms with E-state index in [9.17, 15) is 0 Å². The molecule has 2 aliphatic carbocycles. The molecule has 2 bridgehead atoms. The summed E-state index contributed by atoms with van der Waals surface area (Å²) < 4.78 is 3.47. The first kappa shape index (κ1) is 12.4. The summed E-state index contributed by atoms with van der Waals surface area (Å²) >= 11 is -1.50. The van der Waals surface area contributed by atoms with Crippen LogP contribution in [0.3, 0.4) is 0 Å².